The van der Waals surface area contributed by atoms with Crippen molar-refractivity contribution in [2.24, 2.45) is 0 Å². The van der Waals surface area contributed by atoms with E-state index < -0.39 is 5.97 Å². The summed E-state index contributed by atoms with van der Waals surface area (Å²) in [6.45, 7) is 1.83. The lowest BCUT2D eigenvalue weighted by atomic mass is 10.1. The molecule has 0 aliphatic carbocycles. The summed E-state index contributed by atoms with van der Waals surface area (Å²) >= 11 is 0. The average molecular weight is 216 g/mol. The predicted molar refractivity (Wildman–Crippen MR) is 60.9 cm³/mol. The fourth-order valence-corrected chi connectivity index (χ4v) is 1.60. The highest BCUT2D eigenvalue weighted by Gasteiger charge is 1.97. The van der Waals surface area contributed by atoms with Gasteiger partial charge in [-0.3, -0.25) is 4.79 Å². The van der Waals surface area contributed by atoms with Gasteiger partial charge in [-0.15, -0.1) is 0 Å². The number of unbranched alkanes of at least 4 members (excludes halogenated alkanes) is 6. The smallest absolute Gasteiger partial charge is 0.303 e. The monoisotopic (exact) mass is 216 g/mol. The first-order valence-electron chi connectivity index (χ1n) is 6.03. The maximum atomic E-state index is 10.2. The van der Waals surface area contributed by atoms with Gasteiger partial charge in [0, 0.05) is 6.42 Å². The Hall–Kier alpha value is -0.570. The molecule has 2 N–H and O–H groups in total. The zero-order chi connectivity index (χ0) is 11.5. The van der Waals surface area contributed by atoms with Crippen molar-refractivity contribution in [3.05, 3.63) is 0 Å². The van der Waals surface area contributed by atoms with Gasteiger partial charge < -0.3 is 10.2 Å². The van der Waals surface area contributed by atoms with Gasteiger partial charge in [0.2, 0.25) is 0 Å². The second-order valence-corrected chi connectivity index (χ2v) is 4.26. The zero-order valence-corrected chi connectivity index (χ0v) is 9.74. The summed E-state index contributed by atoms with van der Waals surface area (Å²) < 4.78 is 0. The number of carbonyl (C=O) groups is 1. The standard InChI is InChI=1S/C12H24O3/c1-11(13)9-7-5-3-2-4-6-8-10-12(14)15/h11,13H,2-10H2,1H3,(H,14,15)/t11-/m1/s1. The Morgan fingerprint density at radius 3 is 1.93 bits per heavy atom. The molecule has 0 saturated heterocycles. The first kappa shape index (κ1) is 14.4. The molecule has 0 unspecified atom stereocenters. The number of hydrogen-bond donors (Lipinski definition) is 2. The topological polar surface area (TPSA) is 57.5 Å². The lowest BCUT2D eigenvalue weighted by Gasteiger charge is -2.03. The minimum absolute atomic E-state index is 0.166. The normalized spacial score (nSPS) is 12.7. The molecule has 3 nitrogen and oxygen atoms in total. The fourth-order valence-electron chi connectivity index (χ4n) is 1.60. The van der Waals surface area contributed by atoms with Crippen LogP contribution in [0.2, 0.25) is 0 Å². The van der Waals surface area contributed by atoms with Gasteiger partial charge in [0.15, 0.2) is 0 Å². The number of carboxylic acids is 1. The van der Waals surface area contributed by atoms with Crippen molar-refractivity contribution in [1.29, 1.82) is 0 Å². The van der Waals surface area contributed by atoms with Crippen molar-refractivity contribution in [2.45, 2.75) is 70.8 Å². The van der Waals surface area contributed by atoms with Crippen LogP contribution in [0, 0.1) is 0 Å². The van der Waals surface area contributed by atoms with Crippen molar-refractivity contribution in [3.63, 3.8) is 0 Å². The molecule has 1 atom stereocenters. The van der Waals surface area contributed by atoms with E-state index in [0.717, 1.165) is 32.1 Å². The summed E-state index contributed by atoms with van der Waals surface area (Å²) in [5.74, 6) is -0.688. The Kier molecular flexibility index (Phi) is 9.59. The molecular weight excluding hydrogens is 192 g/mol. The molecule has 0 aliphatic rings. The van der Waals surface area contributed by atoms with E-state index in [2.05, 4.69) is 0 Å². The largest absolute Gasteiger partial charge is 0.481 e. The molecule has 0 spiro atoms. The SMILES string of the molecule is C[C@@H](O)CCCCCCCCCC(=O)O. The van der Waals surface area contributed by atoms with Crippen molar-refractivity contribution < 1.29 is 15.0 Å². The highest BCUT2D eigenvalue weighted by molar-refractivity contribution is 5.66. The molecule has 0 aromatic rings. The van der Waals surface area contributed by atoms with Gasteiger partial charge in [-0.25, -0.2) is 0 Å². The van der Waals surface area contributed by atoms with Crippen LogP contribution in [-0.4, -0.2) is 22.3 Å². The van der Waals surface area contributed by atoms with Crippen molar-refractivity contribution in [2.75, 3.05) is 0 Å². The van der Waals surface area contributed by atoms with E-state index in [-0.39, 0.29) is 6.10 Å². The number of rotatable bonds is 10. The number of aliphatic hydroxyl groups is 1. The number of aliphatic hydroxyl groups excluding tert-OH is 1. The summed E-state index contributed by atoms with van der Waals surface area (Å²) in [4.78, 5) is 10.2. The van der Waals surface area contributed by atoms with Gasteiger partial charge in [0.25, 0.3) is 0 Å². The minimum Gasteiger partial charge on any atom is -0.481 e. The van der Waals surface area contributed by atoms with E-state index in [1.807, 2.05) is 6.92 Å². The van der Waals surface area contributed by atoms with Crippen LogP contribution in [0.1, 0.15) is 64.7 Å². The number of aliphatic carboxylic acids is 1. The van der Waals surface area contributed by atoms with Crippen LogP contribution < -0.4 is 0 Å². The molecule has 0 amide bonds. The maximum Gasteiger partial charge on any atom is 0.303 e. The van der Waals surface area contributed by atoms with Crippen molar-refractivity contribution >= 4 is 5.97 Å². The summed E-state index contributed by atoms with van der Waals surface area (Å²) in [7, 11) is 0. The third-order valence-corrected chi connectivity index (χ3v) is 2.51. The lowest BCUT2D eigenvalue weighted by Crippen LogP contribution is -1.98. The van der Waals surface area contributed by atoms with Crippen LogP contribution in [0.3, 0.4) is 0 Å². The van der Waals surface area contributed by atoms with E-state index in [4.69, 9.17) is 10.2 Å². The molecule has 0 aliphatic heterocycles. The number of carboxylic acid groups (broad SMARTS) is 1. The third-order valence-electron chi connectivity index (χ3n) is 2.51. The Bertz CT molecular complexity index is 155. The van der Waals surface area contributed by atoms with E-state index >= 15 is 0 Å². The molecule has 15 heavy (non-hydrogen) atoms. The van der Waals surface area contributed by atoms with E-state index in [1.54, 1.807) is 0 Å². The molecule has 0 saturated carbocycles. The quantitative estimate of drug-likeness (QED) is 0.552. The van der Waals surface area contributed by atoms with Gasteiger partial charge >= 0.3 is 5.97 Å². The van der Waals surface area contributed by atoms with Gasteiger partial charge in [0.05, 0.1) is 6.10 Å². The summed E-state index contributed by atoms with van der Waals surface area (Å²) in [5, 5.41) is 17.4. The van der Waals surface area contributed by atoms with Crippen LogP contribution in [0.5, 0.6) is 0 Å². The number of hydrogen-bond acceptors (Lipinski definition) is 2. The van der Waals surface area contributed by atoms with E-state index in [9.17, 15) is 4.79 Å². The molecule has 0 rings (SSSR count). The van der Waals surface area contributed by atoms with Crippen LogP contribution in [-0.2, 0) is 4.79 Å². The molecule has 90 valence electrons. The van der Waals surface area contributed by atoms with Gasteiger partial charge in [-0.05, 0) is 19.8 Å². The van der Waals surface area contributed by atoms with Gasteiger partial charge in [0.1, 0.15) is 0 Å². The predicted octanol–water partition coefficient (Wildman–Crippen LogP) is 2.96. The molecule has 3 heteroatoms. The molecule has 0 fully saturated rings. The second kappa shape index (κ2) is 9.97. The molecule has 0 aromatic heterocycles. The highest BCUT2D eigenvalue weighted by atomic mass is 16.4. The Morgan fingerprint density at radius 1 is 1.00 bits per heavy atom. The molecule has 0 bridgehead atoms. The fraction of sp³-hybridized carbons (Fsp3) is 0.917. The van der Waals surface area contributed by atoms with Crippen LogP contribution >= 0.6 is 0 Å². The molecule has 0 heterocycles. The average Bonchev–Trinajstić information content (AvgIpc) is 2.14. The first-order valence-corrected chi connectivity index (χ1v) is 6.03. The second-order valence-electron chi connectivity index (χ2n) is 4.26. The minimum atomic E-state index is -0.688. The molecule has 0 aromatic carbocycles. The summed E-state index contributed by atoms with van der Waals surface area (Å²) in [6, 6.07) is 0. The molecular formula is C12H24O3. The highest BCUT2D eigenvalue weighted by Crippen LogP contribution is 2.10. The van der Waals surface area contributed by atoms with E-state index in [0.29, 0.717) is 6.42 Å². The van der Waals surface area contributed by atoms with Crippen LogP contribution in [0.4, 0.5) is 0 Å². The summed E-state index contributed by atoms with van der Waals surface area (Å²) in [6.07, 6.45) is 8.71. The molecule has 0 radical (unpaired) electrons. The van der Waals surface area contributed by atoms with Crippen LogP contribution in [0.25, 0.3) is 0 Å². The van der Waals surface area contributed by atoms with Gasteiger partial charge in [-0.2, -0.15) is 0 Å². The van der Waals surface area contributed by atoms with Gasteiger partial charge in [-0.1, -0.05) is 38.5 Å². The Morgan fingerprint density at radius 2 is 1.47 bits per heavy atom. The zero-order valence-electron chi connectivity index (χ0n) is 9.74. The van der Waals surface area contributed by atoms with Crippen molar-refractivity contribution in [3.8, 4) is 0 Å². The first-order chi connectivity index (χ1) is 7.13. The summed E-state index contributed by atoms with van der Waals surface area (Å²) in [5.41, 5.74) is 0. The maximum absolute atomic E-state index is 10.2. The van der Waals surface area contributed by atoms with Crippen LogP contribution in [0.15, 0.2) is 0 Å². The van der Waals surface area contributed by atoms with Crippen molar-refractivity contribution in [1.82, 2.24) is 0 Å². The Balaban J connectivity index is 2.96. The third kappa shape index (κ3) is 13.4. The Labute approximate surface area is 92.5 Å². The lowest BCUT2D eigenvalue weighted by molar-refractivity contribution is -0.137. The van der Waals surface area contributed by atoms with E-state index in [1.165, 1.54) is 19.3 Å².